The van der Waals surface area contributed by atoms with E-state index in [2.05, 4.69) is 10.3 Å². The van der Waals surface area contributed by atoms with Gasteiger partial charge in [0.2, 0.25) is 5.91 Å². The van der Waals surface area contributed by atoms with Crippen molar-refractivity contribution in [1.82, 2.24) is 4.98 Å². The molecule has 0 unspecified atom stereocenters. The first-order valence-electron chi connectivity index (χ1n) is 3.43. The molecule has 1 aromatic rings. The highest BCUT2D eigenvalue weighted by molar-refractivity contribution is 5.79. The average Bonchev–Trinajstić information content (AvgIpc) is 2.03. The second-order valence-corrected chi connectivity index (χ2v) is 2.26. The fourth-order valence-corrected chi connectivity index (χ4v) is 0.749. The van der Waals surface area contributed by atoms with E-state index in [1.54, 1.807) is 18.3 Å². The van der Waals surface area contributed by atoms with Crippen LogP contribution in [0, 0.1) is 0 Å². The third-order valence-electron chi connectivity index (χ3n) is 1.29. The Kier molecular flexibility index (Phi) is 2.47. The number of pyridine rings is 1. The lowest BCUT2D eigenvalue weighted by Gasteiger charge is -2.04. The third kappa shape index (κ3) is 2.12. The summed E-state index contributed by atoms with van der Waals surface area (Å²) in [6, 6.07) is 3.45. The molecule has 0 fully saturated rings. The fraction of sp³-hybridized carbons (Fsp3) is 0.143. The summed E-state index contributed by atoms with van der Waals surface area (Å²) in [5, 5.41) is 2.75. The molecule has 0 aliphatic heterocycles. The fourth-order valence-electron chi connectivity index (χ4n) is 0.749. The number of aromatic nitrogens is 1. The van der Waals surface area contributed by atoms with Crippen LogP contribution in [0.4, 0.5) is 11.5 Å². The molecule has 1 heterocycles. The van der Waals surface area contributed by atoms with Crippen LogP contribution in [-0.4, -0.2) is 17.4 Å². The zero-order valence-corrected chi connectivity index (χ0v) is 6.45. The molecule has 0 aliphatic rings. The summed E-state index contributed by atoms with van der Waals surface area (Å²) in [5.41, 5.74) is 11.0. The van der Waals surface area contributed by atoms with Gasteiger partial charge in [-0.25, -0.2) is 4.98 Å². The second-order valence-electron chi connectivity index (χ2n) is 2.26. The Morgan fingerprint density at radius 1 is 1.67 bits per heavy atom. The summed E-state index contributed by atoms with van der Waals surface area (Å²) in [4.78, 5) is 14.2. The number of primary amides is 1. The topological polar surface area (TPSA) is 94.0 Å². The number of rotatable bonds is 3. The van der Waals surface area contributed by atoms with E-state index in [0.717, 1.165) is 0 Å². The van der Waals surface area contributed by atoms with E-state index in [1.807, 2.05) is 0 Å². The van der Waals surface area contributed by atoms with Crippen molar-refractivity contribution in [1.29, 1.82) is 0 Å². The molecule has 0 saturated heterocycles. The van der Waals surface area contributed by atoms with Crippen LogP contribution in [-0.2, 0) is 4.79 Å². The van der Waals surface area contributed by atoms with E-state index in [-0.39, 0.29) is 6.54 Å². The van der Waals surface area contributed by atoms with Gasteiger partial charge >= 0.3 is 0 Å². The highest BCUT2D eigenvalue weighted by atomic mass is 16.1. The molecule has 0 bridgehead atoms. The van der Waals surface area contributed by atoms with Crippen LogP contribution in [0.1, 0.15) is 0 Å². The lowest BCUT2D eigenvalue weighted by molar-refractivity contribution is -0.116. The Labute approximate surface area is 69.8 Å². The van der Waals surface area contributed by atoms with Crippen molar-refractivity contribution in [2.45, 2.75) is 0 Å². The Morgan fingerprint density at radius 3 is 3.00 bits per heavy atom. The maximum Gasteiger partial charge on any atom is 0.236 e. The molecule has 0 spiro atoms. The highest BCUT2D eigenvalue weighted by Crippen LogP contribution is 2.12. The molecule has 1 amide bonds. The monoisotopic (exact) mass is 166 g/mol. The minimum absolute atomic E-state index is 0.0654. The maximum absolute atomic E-state index is 10.4. The first kappa shape index (κ1) is 8.32. The Hall–Kier alpha value is -1.78. The standard InChI is InChI=1S/C7H10N4O/c8-6(12)4-11-5-2-1-3-10-7(5)9/h1-3,11H,4H2,(H2,8,12)(H2,9,10). The normalized spacial score (nSPS) is 9.33. The number of carbonyl (C=O) groups is 1. The van der Waals surface area contributed by atoms with Gasteiger partial charge in [-0.15, -0.1) is 0 Å². The van der Waals surface area contributed by atoms with Gasteiger partial charge in [-0.3, -0.25) is 4.79 Å². The van der Waals surface area contributed by atoms with E-state index >= 15 is 0 Å². The van der Waals surface area contributed by atoms with Crippen molar-refractivity contribution in [3.05, 3.63) is 18.3 Å². The van der Waals surface area contributed by atoms with Gasteiger partial charge < -0.3 is 16.8 Å². The van der Waals surface area contributed by atoms with Crippen LogP contribution in [0.2, 0.25) is 0 Å². The van der Waals surface area contributed by atoms with Crippen molar-refractivity contribution in [2.24, 2.45) is 5.73 Å². The number of hydrogen-bond acceptors (Lipinski definition) is 4. The molecule has 0 atom stereocenters. The van der Waals surface area contributed by atoms with Crippen LogP contribution in [0.3, 0.4) is 0 Å². The molecule has 0 aliphatic carbocycles. The molecule has 5 nitrogen and oxygen atoms in total. The van der Waals surface area contributed by atoms with Crippen LogP contribution in [0.5, 0.6) is 0 Å². The van der Waals surface area contributed by atoms with Crippen molar-refractivity contribution in [3.63, 3.8) is 0 Å². The maximum atomic E-state index is 10.4. The molecule has 0 radical (unpaired) electrons. The predicted octanol–water partition coefficient (Wildman–Crippen LogP) is -0.439. The Morgan fingerprint density at radius 2 is 2.42 bits per heavy atom. The van der Waals surface area contributed by atoms with Crippen molar-refractivity contribution >= 4 is 17.4 Å². The predicted molar refractivity (Wildman–Crippen MR) is 46.3 cm³/mol. The molecular weight excluding hydrogens is 156 g/mol. The van der Waals surface area contributed by atoms with E-state index in [1.165, 1.54) is 0 Å². The van der Waals surface area contributed by atoms with Crippen LogP contribution < -0.4 is 16.8 Å². The highest BCUT2D eigenvalue weighted by Gasteiger charge is 1.98. The van der Waals surface area contributed by atoms with E-state index < -0.39 is 5.91 Å². The SMILES string of the molecule is NC(=O)CNc1cccnc1N. The van der Waals surface area contributed by atoms with Gasteiger partial charge in [0.15, 0.2) is 0 Å². The summed E-state index contributed by atoms with van der Waals surface area (Å²) < 4.78 is 0. The number of nitrogens with one attached hydrogen (secondary N) is 1. The first-order valence-corrected chi connectivity index (χ1v) is 3.43. The van der Waals surface area contributed by atoms with E-state index in [0.29, 0.717) is 11.5 Å². The molecule has 0 aromatic carbocycles. The minimum atomic E-state index is -0.432. The zero-order valence-electron chi connectivity index (χ0n) is 6.45. The third-order valence-corrected chi connectivity index (χ3v) is 1.29. The number of carbonyl (C=O) groups excluding carboxylic acids is 1. The summed E-state index contributed by atoms with van der Waals surface area (Å²) in [5.74, 6) is -0.0722. The van der Waals surface area contributed by atoms with Crippen LogP contribution in [0.25, 0.3) is 0 Å². The second kappa shape index (κ2) is 3.56. The van der Waals surface area contributed by atoms with E-state index in [4.69, 9.17) is 11.5 Å². The zero-order chi connectivity index (χ0) is 8.97. The molecule has 1 aromatic heterocycles. The van der Waals surface area contributed by atoms with Crippen LogP contribution in [0.15, 0.2) is 18.3 Å². The van der Waals surface area contributed by atoms with Gasteiger partial charge in [-0.2, -0.15) is 0 Å². The molecule has 5 N–H and O–H groups in total. The van der Waals surface area contributed by atoms with Gasteiger partial charge in [0.05, 0.1) is 12.2 Å². The Balaban J connectivity index is 2.63. The van der Waals surface area contributed by atoms with Crippen molar-refractivity contribution in [3.8, 4) is 0 Å². The average molecular weight is 166 g/mol. The van der Waals surface area contributed by atoms with Gasteiger partial charge in [0.1, 0.15) is 5.82 Å². The molecule has 1 rings (SSSR count). The van der Waals surface area contributed by atoms with Crippen molar-refractivity contribution in [2.75, 3.05) is 17.6 Å². The number of nitrogens with zero attached hydrogens (tertiary/aromatic N) is 1. The summed E-state index contributed by atoms with van der Waals surface area (Å²) in [6.45, 7) is 0.0654. The first-order chi connectivity index (χ1) is 5.70. The number of amides is 1. The minimum Gasteiger partial charge on any atom is -0.382 e. The smallest absolute Gasteiger partial charge is 0.236 e. The van der Waals surface area contributed by atoms with Gasteiger partial charge in [0, 0.05) is 6.20 Å². The molecule has 64 valence electrons. The lowest BCUT2D eigenvalue weighted by atomic mass is 10.4. The van der Waals surface area contributed by atoms with Crippen LogP contribution >= 0.6 is 0 Å². The molecular formula is C7H10N4O. The van der Waals surface area contributed by atoms with Gasteiger partial charge in [-0.1, -0.05) is 0 Å². The lowest BCUT2D eigenvalue weighted by Crippen LogP contribution is -2.22. The van der Waals surface area contributed by atoms with Gasteiger partial charge in [0.25, 0.3) is 0 Å². The van der Waals surface area contributed by atoms with Crippen molar-refractivity contribution < 1.29 is 4.79 Å². The summed E-state index contributed by atoms with van der Waals surface area (Å²) >= 11 is 0. The molecule has 0 saturated carbocycles. The number of nitrogens with two attached hydrogens (primary N) is 2. The number of hydrogen-bond donors (Lipinski definition) is 3. The quantitative estimate of drug-likeness (QED) is 0.567. The van der Waals surface area contributed by atoms with Gasteiger partial charge in [-0.05, 0) is 12.1 Å². The number of nitrogen functional groups attached to an aromatic ring is 1. The molecule has 12 heavy (non-hydrogen) atoms. The summed E-state index contributed by atoms with van der Waals surface area (Å²) in [7, 11) is 0. The molecule has 5 heteroatoms. The van der Waals surface area contributed by atoms with E-state index in [9.17, 15) is 4.79 Å². The largest absolute Gasteiger partial charge is 0.382 e. The Bertz CT molecular complexity index is 286. The summed E-state index contributed by atoms with van der Waals surface area (Å²) in [6.07, 6.45) is 1.57. The number of anilines is 2.